The Morgan fingerprint density at radius 2 is 1.29 bits per heavy atom. The van der Waals surface area contributed by atoms with Crippen molar-refractivity contribution in [2.45, 2.75) is 25.2 Å². The summed E-state index contributed by atoms with van der Waals surface area (Å²) in [7, 11) is 0. The second kappa shape index (κ2) is 11.2. The zero-order valence-corrected chi connectivity index (χ0v) is 26.8. The van der Waals surface area contributed by atoms with Gasteiger partial charge in [0.1, 0.15) is 11.3 Å². The normalized spacial score (nSPS) is 15.6. The number of benzene rings is 6. The van der Waals surface area contributed by atoms with E-state index < -0.39 is 0 Å². The number of para-hydroxylation sites is 1. The van der Waals surface area contributed by atoms with Gasteiger partial charge in [0.15, 0.2) is 17.5 Å². The van der Waals surface area contributed by atoms with Gasteiger partial charge in [-0.25, -0.2) is 15.0 Å². The molecule has 0 aliphatic heterocycles. The molecular weight excluding hydrogens is 599 g/mol. The van der Waals surface area contributed by atoms with E-state index in [1.807, 2.05) is 24.3 Å². The fraction of sp³-hybridized carbons (Fsp3) is 0.0889. The minimum Gasteiger partial charge on any atom is -0.460 e. The van der Waals surface area contributed by atoms with Crippen molar-refractivity contribution in [2.24, 2.45) is 0 Å². The van der Waals surface area contributed by atoms with Crippen molar-refractivity contribution in [1.82, 2.24) is 15.0 Å². The van der Waals surface area contributed by atoms with Crippen LogP contribution in [-0.2, 0) is 12.8 Å². The van der Waals surface area contributed by atoms with Gasteiger partial charge in [-0.15, -0.1) is 0 Å². The SMILES string of the molecule is C1=C(c2nc(C3=CC(c4ccc5ccccc5c4)Cc4oc5ccccc5c43)nc(-c3ccccc3)n2)CCc2c1ccc1ccccc21. The molecule has 0 radical (unpaired) electrons. The molecule has 8 aromatic rings. The van der Waals surface area contributed by atoms with Crippen molar-refractivity contribution in [1.29, 1.82) is 0 Å². The van der Waals surface area contributed by atoms with Crippen LogP contribution in [0.15, 0.2) is 144 Å². The lowest BCUT2D eigenvalue weighted by Gasteiger charge is -2.22. The summed E-state index contributed by atoms with van der Waals surface area (Å²) in [5, 5.41) is 6.15. The first-order valence-corrected chi connectivity index (χ1v) is 17.0. The first-order valence-electron chi connectivity index (χ1n) is 17.0. The minimum absolute atomic E-state index is 0.0992. The topological polar surface area (TPSA) is 51.8 Å². The third kappa shape index (κ3) is 4.79. The van der Waals surface area contributed by atoms with E-state index in [1.54, 1.807) is 0 Å². The molecule has 0 saturated carbocycles. The Bertz CT molecular complexity index is 2650. The highest BCUT2D eigenvalue weighted by Crippen LogP contribution is 2.43. The molecule has 4 heteroatoms. The van der Waals surface area contributed by atoms with Gasteiger partial charge in [-0.3, -0.25) is 0 Å². The molecule has 10 rings (SSSR count). The quantitative estimate of drug-likeness (QED) is 0.194. The summed E-state index contributed by atoms with van der Waals surface area (Å²) in [5.74, 6) is 3.15. The Hall–Kier alpha value is -6.13. The molecule has 0 spiro atoms. The molecule has 0 saturated heterocycles. The highest BCUT2D eigenvalue weighted by molar-refractivity contribution is 5.98. The number of hydrogen-bond donors (Lipinski definition) is 0. The van der Waals surface area contributed by atoms with Crippen molar-refractivity contribution in [2.75, 3.05) is 0 Å². The van der Waals surface area contributed by atoms with Gasteiger partial charge >= 0.3 is 0 Å². The number of hydrogen-bond acceptors (Lipinski definition) is 4. The average molecular weight is 630 g/mol. The molecule has 1 atom stereocenters. The molecule has 4 nitrogen and oxygen atoms in total. The van der Waals surface area contributed by atoms with E-state index in [4.69, 9.17) is 19.4 Å². The molecule has 2 aliphatic carbocycles. The fourth-order valence-corrected chi connectivity index (χ4v) is 7.74. The first kappa shape index (κ1) is 27.9. The summed E-state index contributed by atoms with van der Waals surface area (Å²) < 4.78 is 6.59. The van der Waals surface area contributed by atoms with Crippen LogP contribution in [0.4, 0.5) is 0 Å². The lowest BCUT2D eigenvalue weighted by Crippen LogP contribution is -2.12. The van der Waals surface area contributed by atoms with E-state index in [9.17, 15) is 0 Å². The van der Waals surface area contributed by atoms with Crippen molar-refractivity contribution >= 4 is 49.7 Å². The second-order valence-corrected chi connectivity index (χ2v) is 13.1. The van der Waals surface area contributed by atoms with Crippen LogP contribution in [0.5, 0.6) is 0 Å². The van der Waals surface area contributed by atoms with E-state index in [0.717, 1.165) is 64.1 Å². The number of nitrogens with zero attached hydrogens (tertiary/aromatic N) is 3. The average Bonchev–Trinajstić information content (AvgIpc) is 3.56. The summed E-state index contributed by atoms with van der Waals surface area (Å²) in [6, 6.07) is 47.0. The predicted molar refractivity (Wildman–Crippen MR) is 199 cm³/mol. The van der Waals surface area contributed by atoms with Gasteiger partial charge in [0.2, 0.25) is 0 Å². The van der Waals surface area contributed by atoms with Crippen molar-refractivity contribution in [3.8, 4) is 11.4 Å². The molecule has 2 aliphatic rings. The Labute approximate surface area is 284 Å². The molecular formula is C45H31N3O. The smallest absolute Gasteiger partial charge is 0.164 e. The molecule has 0 fully saturated rings. The van der Waals surface area contributed by atoms with E-state index in [1.165, 1.54) is 38.2 Å². The maximum atomic E-state index is 6.59. The van der Waals surface area contributed by atoms with Crippen molar-refractivity contribution in [3.05, 3.63) is 179 Å². The number of furan rings is 1. The maximum absolute atomic E-state index is 6.59. The summed E-state index contributed by atoms with van der Waals surface area (Å²) in [5.41, 5.74) is 8.93. The zero-order valence-electron chi connectivity index (χ0n) is 26.8. The summed E-state index contributed by atoms with van der Waals surface area (Å²) >= 11 is 0. The first-order chi connectivity index (χ1) is 24.2. The molecule has 2 heterocycles. The lowest BCUT2D eigenvalue weighted by atomic mass is 9.83. The molecule has 1 unspecified atom stereocenters. The van der Waals surface area contributed by atoms with Crippen LogP contribution in [0.25, 0.3) is 61.1 Å². The molecule has 49 heavy (non-hydrogen) atoms. The predicted octanol–water partition coefficient (Wildman–Crippen LogP) is 10.8. The van der Waals surface area contributed by atoms with Crippen LogP contribution in [0.3, 0.4) is 0 Å². The van der Waals surface area contributed by atoms with Crippen LogP contribution >= 0.6 is 0 Å². The highest BCUT2D eigenvalue weighted by Gasteiger charge is 2.30. The van der Waals surface area contributed by atoms with Gasteiger partial charge in [0, 0.05) is 34.4 Å². The summed E-state index contributed by atoms with van der Waals surface area (Å²) in [6.07, 6.45) is 7.21. The number of allylic oxidation sites excluding steroid dienone is 2. The standard InChI is InChI=1S/C45H31N3O/c1-2-12-30(13-3-1)43-46-44(34-22-23-37-33(25-34)21-19-29-11-6-7-15-36(29)37)48-45(47-43)39-26-35(32-20-18-28-10-4-5-14-31(28)24-32)27-41-42(39)38-16-8-9-17-40(38)49-41/h1-21,24-26,35H,22-23,27H2. The second-order valence-electron chi connectivity index (χ2n) is 13.1. The van der Waals surface area contributed by atoms with E-state index in [-0.39, 0.29) is 5.92 Å². The number of aromatic nitrogens is 3. The van der Waals surface area contributed by atoms with Gasteiger partial charge in [-0.1, -0.05) is 133 Å². The highest BCUT2D eigenvalue weighted by atomic mass is 16.3. The molecule has 6 aromatic carbocycles. The van der Waals surface area contributed by atoms with Gasteiger partial charge < -0.3 is 4.42 Å². The Kier molecular flexibility index (Phi) is 6.41. The van der Waals surface area contributed by atoms with Crippen LogP contribution in [0.1, 0.15) is 52.0 Å². The Morgan fingerprint density at radius 1 is 0.571 bits per heavy atom. The van der Waals surface area contributed by atoms with E-state index >= 15 is 0 Å². The van der Waals surface area contributed by atoms with Crippen LogP contribution < -0.4 is 0 Å². The Morgan fingerprint density at radius 3 is 2.18 bits per heavy atom. The van der Waals surface area contributed by atoms with Crippen LogP contribution in [-0.4, -0.2) is 15.0 Å². The van der Waals surface area contributed by atoms with Gasteiger partial charge in [-0.05, 0) is 68.8 Å². The third-order valence-electron chi connectivity index (χ3n) is 10.2. The van der Waals surface area contributed by atoms with Crippen LogP contribution in [0, 0.1) is 0 Å². The van der Waals surface area contributed by atoms with Gasteiger partial charge in [-0.2, -0.15) is 0 Å². The monoisotopic (exact) mass is 629 g/mol. The lowest BCUT2D eigenvalue weighted by molar-refractivity contribution is 0.531. The van der Waals surface area contributed by atoms with E-state index in [0.29, 0.717) is 11.6 Å². The fourth-order valence-electron chi connectivity index (χ4n) is 7.74. The molecule has 2 aromatic heterocycles. The van der Waals surface area contributed by atoms with Crippen molar-refractivity contribution < 1.29 is 4.42 Å². The van der Waals surface area contributed by atoms with E-state index in [2.05, 4.69) is 121 Å². The van der Waals surface area contributed by atoms with Crippen LogP contribution in [0.2, 0.25) is 0 Å². The number of fused-ring (bicyclic) bond motifs is 7. The van der Waals surface area contributed by atoms with Crippen molar-refractivity contribution in [3.63, 3.8) is 0 Å². The minimum atomic E-state index is 0.0992. The maximum Gasteiger partial charge on any atom is 0.164 e. The van der Waals surface area contributed by atoms with Gasteiger partial charge in [0.25, 0.3) is 0 Å². The zero-order chi connectivity index (χ0) is 32.3. The summed E-state index contributed by atoms with van der Waals surface area (Å²) in [6.45, 7) is 0. The largest absolute Gasteiger partial charge is 0.460 e. The number of aryl methyl sites for hydroxylation is 1. The molecule has 0 N–H and O–H groups in total. The molecule has 0 bridgehead atoms. The molecule has 0 amide bonds. The number of rotatable bonds is 4. The Balaban J connectivity index is 1.18. The summed E-state index contributed by atoms with van der Waals surface area (Å²) in [4.78, 5) is 15.6. The molecule has 232 valence electrons. The van der Waals surface area contributed by atoms with Gasteiger partial charge in [0.05, 0.1) is 0 Å². The third-order valence-corrected chi connectivity index (χ3v) is 10.2.